The Kier molecular flexibility index (Phi) is 9.50. The molecule has 3 heterocycles. The Morgan fingerprint density at radius 1 is 0.955 bits per heavy atom. The van der Waals surface area contributed by atoms with Gasteiger partial charge in [0.05, 0.1) is 4.90 Å². The summed E-state index contributed by atoms with van der Waals surface area (Å²) in [7, 11) is -3.70. The van der Waals surface area contributed by atoms with E-state index in [1.807, 2.05) is 19.1 Å². The zero-order chi connectivity index (χ0) is 30.7. The minimum atomic E-state index is -3.70. The number of allylic oxidation sites excluding steroid dienone is 1. The van der Waals surface area contributed by atoms with Gasteiger partial charge in [0.1, 0.15) is 4.91 Å². The van der Waals surface area contributed by atoms with E-state index in [2.05, 4.69) is 51.2 Å². The van der Waals surface area contributed by atoms with Gasteiger partial charge in [-0.2, -0.15) is 0 Å². The van der Waals surface area contributed by atoms with Gasteiger partial charge in [-0.05, 0) is 99.5 Å². The summed E-state index contributed by atoms with van der Waals surface area (Å²) >= 11 is 0. The van der Waals surface area contributed by atoms with Crippen LogP contribution >= 0.6 is 0 Å². The summed E-state index contributed by atoms with van der Waals surface area (Å²) in [5.74, 6) is 2.22. The van der Waals surface area contributed by atoms with E-state index in [0.717, 1.165) is 56.5 Å². The van der Waals surface area contributed by atoms with Crippen LogP contribution in [0.15, 0.2) is 64.5 Å². The number of likely N-dealkylation sites (tertiary alicyclic amines) is 1. The van der Waals surface area contributed by atoms with Gasteiger partial charge in [0, 0.05) is 68.7 Å². The Balaban J connectivity index is 1.06. The van der Waals surface area contributed by atoms with Crippen molar-refractivity contribution in [2.45, 2.75) is 69.2 Å². The molecule has 0 aromatic heterocycles. The van der Waals surface area contributed by atoms with Crippen molar-refractivity contribution in [2.75, 3.05) is 57.3 Å². The number of piperidine rings is 1. The largest absolute Gasteiger partial charge is 0.390 e. The Hall–Kier alpha value is -2.68. The number of nitrogens with one attached hydrogen (secondary N) is 2. The first-order valence-electron chi connectivity index (χ1n) is 17.0. The van der Waals surface area contributed by atoms with Crippen LogP contribution in [0.3, 0.4) is 0 Å². The molecule has 1 saturated carbocycles. The monoisotopic (exact) mass is 617 g/mol. The summed E-state index contributed by atoms with van der Waals surface area (Å²) in [6.07, 6.45) is 10.5. The van der Waals surface area contributed by atoms with Gasteiger partial charge in [0.25, 0.3) is 0 Å². The molecule has 8 heteroatoms. The molecule has 0 amide bonds. The maximum atomic E-state index is 12.9. The number of nitrogens with zero attached hydrogens (tertiary/aromatic N) is 3. The highest BCUT2D eigenvalue weighted by Gasteiger charge is 2.51. The van der Waals surface area contributed by atoms with Crippen LogP contribution in [0.4, 0.5) is 5.69 Å². The minimum absolute atomic E-state index is 0.0237. The first-order valence-corrected chi connectivity index (χ1v) is 18.4. The van der Waals surface area contributed by atoms with Crippen molar-refractivity contribution in [3.8, 4) is 0 Å². The molecule has 4 aliphatic rings. The van der Waals surface area contributed by atoms with Gasteiger partial charge in [-0.25, -0.2) is 8.42 Å². The number of anilines is 1. The van der Waals surface area contributed by atoms with Gasteiger partial charge in [0.2, 0.25) is 9.84 Å². The molecule has 44 heavy (non-hydrogen) atoms. The quantitative estimate of drug-likeness (QED) is 0.316. The second-order valence-corrected chi connectivity index (χ2v) is 15.5. The van der Waals surface area contributed by atoms with E-state index in [1.54, 1.807) is 23.3 Å². The van der Waals surface area contributed by atoms with Crippen molar-refractivity contribution in [1.82, 2.24) is 15.1 Å². The van der Waals surface area contributed by atoms with E-state index in [-0.39, 0.29) is 9.80 Å². The van der Waals surface area contributed by atoms with Gasteiger partial charge in [-0.3, -0.25) is 4.90 Å². The number of hydrogen-bond donors (Lipinski definition) is 2. The fourth-order valence-corrected chi connectivity index (χ4v) is 9.98. The molecule has 0 bridgehead atoms. The topological polar surface area (TPSA) is 79.7 Å². The fourth-order valence-electron chi connectivity index (χ4n) is 8.82. The molecular weight excluding hydrogens is 566 g/mol. The lowest BCUT2D eigenvalue weighted by atomic mass is 9.57. The van der Waals surface area contributed by atoms with Crippen LogP contribution in [0.25, 0.3) is 0 Å². The van der Waals surface area contributed by atoms with Crippen LogP contribution in [0.1, 0.15) is 63.5 Å². The van der Waals surface area contributed by atoms with Crippen molar-refractivity contribution in [3.63, 3.8) is 0 Å². The predicted molar refractivity (Wildman–Crippen MR) is 180 cm³/mol. The predicted octanol–water partition coefficient (Wildman–Crippen LogP) is 5.67. The number of likely N-dealkylation sites (N-methyl/N-ethyl adjacent to an activating group) is 1. The second-order valence-electron chi connectivity index (χ2n) is 13.6. The fraction of sp³-hybridized carbons (Fsp3) is 0.583. The summed E-state index contributed by atoms with van der Waals surface area (Å²) in [4.78, 5) is 8.01. The highest BCUT2D eigenvalue weighted by molar-refractivity contribution is 7.96. The van der Waals surface area contributed by atoms with Gasteiger partial charge in [0.15, 0.2) is 0 Å². The lowest BCUT2D eigenvalue weighted by molar-refractivity contribution is 0.0359. The van der Waals surface area contributed by atoms with Gasteiger partial charge in [-0.15, -0.1) is 0 Å². The van der Waals surface area contributed by atoms with Gasteiger partial charge >= 0.3 is 0 Å². The maximum absolute atomic E-state index is 12.9. The van der Waals surface area contributed by atoms with Crippen LogP contribution in [-0.2, 0) is 21.8 Å². The average Bonchev–Trinajstić information content (AvgIpc) is 3.58. The smallest absolute Gasteiger partial charge is 0.209 e. The van der Waals surface area contributed by atoms with Crippen molar-refractivity contribution in [3.05, 3.63) is 70.8 Å². The van der Waals surface area contributed by atoms with Crippen LogP contribution in [0.5, 0.6) is 0 Å². The first kappa shape index (κ1) is 31.3. The minimum Gasteiger partial charge on any atom is -0.390 e. The molecule has 2 N–H and O–H groups in total. The van der Waals surface area contributed by atoms with E-state index >= 15 is 0 Å². The number of rotatable bonds is 11. The molecule has 238 valence electrons. The molecule has 2 aromatic carbocycles. The number of benzene rings is 2. The number of fused-ring (bicyclic) bond motifs is 1. The van der Waals surface area contributed by atoms with E-state index in [0.29, 0.717) is 17.9 Å². The van der Waals surface area contributed by atoms with Crippen LogP contribution in [-0.4, -0.2) is 76.8 Å². The van der Waals surface area contributed by atoms with Gasteiger partial charge in [-0.1, -0.05) is 44.0 Å². The number of hydrogen-bond acceptors (Lipinski definition) is 7. The summed E-state index contributed by atoms with van der Waals surface area (Å²) in [6, 6.07) is 16.6. The van der Waals surface area contributed by atoms with Crippen LogP contribution < -0.4 is 10.2 Å². The zero-order valence-electron chi connectivity index (χ0n) is 26.7. The van der Waals surface area contributed by atoms with Crippen molar-refractivity contribution < 1.29 is 8.42 Å². The third kappa shape index (κ3) is 5.97. The molecule has 1 aliphatic carbocycles. The Morgan fingerprint density at radius 3 is 2.30 bits per heavy atom. The highest BCUT2D eigenvalue weighted by atomic mass is 32.2. The summed E-state index contributed by atoms with van der Waals surface area (Å²) in [6.45, 7) is 13.9. The third-order valence-electron chi connectivity index (χ3n) is 11.1. The normalized spacial score (nSPS) is 24.7. The van der Waals surface area contributed by atoms with E-state index in [9.17, 15) is 8.42 Å². The first-order chi connectivity index (χ1) is 21.4. The summed E-state index contributed by atoms with van der Waals surface area (Å²) in [5, 5.41) is 10.4. The highest BCUT2D eigenvalue weighted by Crippen LogP contribution is 2.53. The molecule has 1 unspecified atom stereocenters. The van der Waals surface area contributed by atoms with E-state index in [4.69, 9.17) is 5.41 Å². The molecule has 3 aliphatic heterocycles. The molecule has 0 spiro atoms. The van der Waals surface area contributed by atoms with E-state index in [1.165, 1.54) is 64.4 Å². The van der Waals surface area contributed by atoms with Crippen molar-refractivity contribution in [2.24, 2.45) is 17.8 Å². The molecule has 7 nitrogen and oxygen atoms in total. The summed E-state index contributed by atoms with van der Waals surface area (Å²) in [5.41, 5.74) is 4.64. The molecule has 2 aromatic rings. The third-order valence-corrected chi connectivity index (χ3v) is 12.9. The maximum Gasteiger partial charge on any atom is 0.209 e. The van der Waals surface area contributed by atoms with E-state index < -0.39 is 9.84 Å². The zero-order valence-corrected chi connectivity index (χ0v) is 27.5. The van der Waals surface area contributed by atoms with Crippen molar-refractivity contribution >= 4 is 21.7 Å². The molecule has 3 fully saturated rings. The van der Waals surface area contributed by atoms with Gasteiger partial charge < -0.3 is 20.5 Å². The number of sulfone groups is 1. The standard InChI is InChI=1S/C36H51N5O2S/c1-3-38-22-34(21-37)44(42,43)33-15-13-32(14-16-33)41-24-28(25-41)23-40-19-17-31(18-20-40)36(30-10-6-7-11-30)27-39(4-2)26-29-9-5-8-12-35(29)36/h5,8-9,12-16,21-22,28,30-31,37-38H,3-4,6-7,10-11,17-20,23-27H2,1-2H3/b34-22+,37-21?. The molecule has 6 rings (SSSR count). The Bertz CT molecular complexity index is 1420. The Labute approximate surface area is 265 Å². The van der Waals surface area contributed by atoms with Crippen LogP contribution in [0.2, 0.25) is 0 Å². The second kappa shape index (κ2) is 13.4. The Morgan fingerprint density at radius 2 is 1.64 bits per heavy atom. The SMILES string of the molecule is CCN/C=C(\C=N)S(=O)(=O)c1ccc(N2CC(CN3CCC(C4(C5CCCC5)CN(CC)Cc5ccccc54)CC3)C2)cc1. The molecule has 1 atom stereocenters. The molecule has 2 saturated heterocycles. The lowest BCUT2D eigenvalue weighted by Crippen LogP contribution is -2.57. The van der Waals surface area contributed by atoms with Crippen molar-refractivity contribution in [1.29, 1.82) is 5.41 Å². The summed E-state index contributed by atoms with van der Waals surface area (Å²) < 4.78 is 25.9. The van der Waals surface area contributed by atoms with Crippen LogP contribution in [0, 0.1) is 23.2 Å². The average molecular weight is 618 g/mol. The molecular formula is C36H51N5O2S. The molecule has 0 radical (unpaired) electrons. The lowest BCUT2D eigenvalue weighted by Gasteiger charge is -2.54.